The Morgan fingerprint density at radius 2 is 1.79 bits per heavy atom. The van der Waals surface area contributed by atoms with Crippen LogP contribution in [0.5, 0.6) is 0 Å². The lowest BCUT2D eigenvalue weighted by atomic mass is 9.89. The van der Waals surface area contributed by atoms with Gasteiger partial charge in [0.15, 0.2) is 11.5 Å². The van der Waals surface area contributed by atoms with Crippen molar-refractivity contribution in [3.63, 3.8) is 0 Å². The van der Waals surface area contributed by atoms with Crippen molar-refractivity contribution in [3.8, 4) is 0 Å². The number of aliphatic hydroxyl groups excluding tert-OH is 2. The molecule has 1 aromatic rings. The maximum absolute atomic E-state index is 12.1. The molecule has 0 saturated carbocycles. The Morgan fingerprint density at radius 3 is 2.46 bits per heavy atom. The maximum atomic E-state index is 12.1. The van der Waals surface area contributed by atoms with E-state index in [0.717, 1.165) is 80.8 Å². The van der Waals surface area contributed by atoms with Crippen molar-refractivity contribution >= 4 is 17.6 Å². The maximum Gasteiger partial charge on any atom is 0.198 e. The normalized spacial score (nSPS) is 17.9. The average molecular weight is 387 g/mol. The summed E-state index contributed by atoms with van der Waals surface area (Å²) in [5.41, 5.74) is 2.51. The second kappa shape index (κ2) is 11.8. The second-order valence-corrected chi connectivity index (χ2v) is 7.88. The van der Waals surface area contributed by atoms with Crippen LogP contribution in [0.25, 0.3) is 5.57 Å². The quantitative estimate of drug-likeness (QED) is 0.337. The number of unbranched alkanes of at least 4 members (excludes halogenated alkanes) is 6. The number of ketones is 1. The van der Waals surface area contributed by atoms with Gasteiger partial charge in [0.2, 0.25) is 0 Å². The van der Waals surface area contributed by atoms with Gasteiger partial charge in [-0.1, -0.05) is 69.7 Å². The van der Waals surface area contributed by atoms with E-state index >= 15 is 0 Å². The zero-order chi connectivity index (χ0) is 20.4. The third kappa shape index (κ3) is 6.30. The number of hydrogen-bond acceptors (Lipinski definition) is 4. The topological polar surface area (TPSA) is 74.6 Å². The van der Waals surface area contributed by atoms with Crippen molar-refractivity contribution in [2.24, 2.45) is 5.92 Å². The Morgan fingerprint density at radius 1 is 1.07 bits per heavy atom. The molecule has 1 unspecified atom stereocenters. The number of carbonyl (C=O) groups is 2. The van der Waals surface area contributed by atoms with Gasteiger partial charge in [0.1, 0.15) is 6.29 Å². The van der Waals surface area contributed by atoms with Gasteiger partial charge in [-0.2, -0.15) is 0 Å². The lowest BCUT2D eigenvalue weighted by Gasteiger charge is -2.16. The first kappa shape index (κ1) is 22.4. The summed E-state index contributed by atoms with van der Waals surface area (Å²) in [6.45, 7) is 2.14. The molecule has 0 bridgehead atoms. The number of hydrogen-bond donors (Lipinski definition) is 2. The van der Waals surface area contributed by atoms with Crippen LogP contribution in [0.1, 0.15) is 94.8 Å². The first-order valence-electron chi connectivity index (χ1n) is 10.8. The van der Waals surface area contributed by atoms with E-state index < -0.39 is 6.10 Å². The number of Topliss-reactive ketones (excluding diaryl/α,β-unsaturated/α-hetero) is 1. The standard InChI is InChI=1S/C24H34O4/c1-2-3-7-11-21(26)18-12-14-19(15-13-18)23-20(17-22(27)24(23)28)10-8-5-4-6-9-16-25/h12-16,20-21,26,28H,2-11,17H2,1H3/t20-,21?/m0/s1. The molecule has 28 heavy (non-hydrogen) atoms. The number of aliphatic hydroxyl groups is 2. The van der Waals surface area contributed by atoms with Gasteiger partial charge >= 0.3 is 0 Å². The minimum atomic E-state index is -0.462. The van der Waals surface area contributed by atoms with Crippen LogP contribution in [0.3, 0.4) is 0 Å². The van der Waals surface area contributed by atoms with Gasteiger partial charge in [-0.05, 0) is 36.3 Å². The average Bonchev–Trinajstić information content (AvgIpc) is 2.98. The van der Waals surface area contributed by atoms with E-state index in [1.165, 1.54) is 0 Å². The first-order valence-corrected chi connectivity index (χ1v) is 10.8. The molecule has 2 atom stereocenters. The first-order chi connectivity index (χ1) is 13.6. The highest BCUT2D eigenvalue weighted by atomic mass is 16.3. The van der Waals surface area contributed by atoms with Crippen LogP contribution in [0.4, 0.5) is 0 Å². The summed E-state index contributed by atoms with van der Waals surface area (Å²) in [7, 11) is 0. The van der Waals surface area contributed by atoms with E-state index in [4.69, 9.17) is 0 Å². The summed E-state index contributed by atoms with van der Waals surface area (Å²) in [4.78, 5) is 22.4. The molecular weight excluding hydrogens is 352 g/mol. The van der Waals surface area contributed by atoms with Crippen molar-refractivity contribution in [2.75, 3.05) is 0 Å². The molecule has 154 valence electrons. The fraction of sp³-hybridized carbons (Fsp3) is 0.583. The monoisotopic (exact) mass is 386 g/mol. The molecule has 0 aliphatic heterocycles. The highest BCUT2D eigenvalue weighted by molar-refractivity contribution is 6.05. The van der Waals surface area contributed by atoms with E-state index in [1.54, 1.807) is 0 Å². The summed E-state index contributed by atoms with van der Waals surface area (Å²) in [5.74, 6) is -0.217. The Balaban J connectivity index is 1.97. The van der Waals surface area contributed by atoms with Gasteiger partial charge in [0.05, 0.1) is 6.10 Å². The molecule has 2 N–H and O–H groups in total. The Kier molecular flexibility index (Phi) is 9.42. The lowest BCUT2D eigenvalue weighted by Crippen LogP contribution is -2.02. The van der Waals surface area contributed by atoms with Gasteiger partial charge in [-0.15, -0.1) is 0 Å². The van der Waals surface area contributed by atoms with E-state index in [9.17, 15) is 19.8 Å². The number of rotatable bonds is 13. The third-order valence-electron chi connectivity index (χ3n) is 5.67. The molecule has 0 amide bonds. The van der Waals surface area contributed by atoms with Gasteiger partial charge in [-0.25, -0.2) is 0 Å². The number of allylic oxidation sites excluding steroid dienone is 2. The molecule has 4 nitrogen and oxygen atoms in total. The van der Waals surface area contributed by atoms with Crippen molar-refractivity contribution in [2.45, 2.75) is 83.7 Å². The van der Waals surface area contributed by atoms with Crippen LogP contribution in [0, 0.1) is 5.92 Å². The predicted molar refractivity (Wildman–Crippen MR) is 112 cm³/mol. The zero-order valence-electron chi connectivity index (χ0n) is 17.0. The SMILES string of the molecule is CCCCCC(O)c1ccc(C2=C(O)C(=O)C[C@@H]2CCCCCCC=O)cc1. The van der Waals surface area contributed by atoms with Gasteiger partial charge < -0.3 is 15.0 Å². The van der Waals surface area contributed by atoms with Gasteiger partial charge in [0, 0.05) is 18.4 Å². The minimum Gasteiger partial charge on any atom is -0.504 e. The van der Waals surface area contributed by atoms with Crippen LogP contribution in [-0.2, 0) is 9.59 Å². The summed E-state index contributed by atoms with van der Waals surface area (Å²) in [6.07, 6.45) is 10.3. The van der Waals surface area contributed by atoms with Crippen molar-refractivity contribution in [1.29, 1.82) is 0 Å². The molecule has 1 aliphatic carbocycles. The summed E-state index contributed by atoms with van der Waals surface area (Å²) >= 11 is 0. The molecule has 0 radical (unpaired) electrons. The molecule has 4 heteroatoms. The van der Waals surface area contributed by atoms with Crippen LogP contribution >= 0.6 is 0 Å². The molecule has 0 heterocycles. The zero-order valence-corrected chi connectivity index (χ0v) is 17.0. The number of carbonyl (C=O) groups excluding carboxylic acids is 2. The molecular formula is C24H34O4. The van der Waals surface area contributed by atoms with Crippen molar-refractivity contribution in [3.05, 3.63) is 41.2 Å². The number of benzene rings is 1. The molecule has 1 aliphatic rings. The molecule has 1 aromatic carbocycles. The smallest absolute Gasteiger partial charge is 0.198 e. The minimum absolute atomic E-state index is 0.0545. The summed E-state index contributed by atoms with van der Waals surface area (Å²) in [5, 5.41) is 20.6. The van der Waals surface area contributed by atoms with Crippen LogP contribution in [0.2, 0.25) is 0 Å². The fourth-order valence-electron chi connectivity index (χ4n) is 4.00. The van der Waals surface area contributed by atoms with E-state index in [-0.39, 0.29) is 17.5 Å². The van der Waals surface area contributed by atoms with E-state index in [0.29, 0.717) is 12.8 Å². The van der Waals surface area contributed by atoms with Gasteiger partial charge in [-0.3, -0.25) is 4.79 Å². The van der Waals surface area contributed by atoms with E-state index in [1.807, 2.05) is 24.3 Å². The summed E-state index contributed by atoms with van der Waals surface area (Å²) < 4.78 is 0. The second-order valence-electron chi connectivity index (χ2n) is 7.88. The highest BCUT2D eigenvalue weighted by Crippen LogP contribution is 2.39. The Hall–Kier alpha value is -1.94. The fourth-order valence-corrected chi connectivity index (χ4v) is 4.00. The summed E-state index contributed by atoms with van der Waals surface area (Å²) in [6, 6.07) is 7.65. The van der Waals surface area contributed by atoms with E-state index in [2.05, 4.69) is 6.92 Å². The van der Waals surface area contributed by atoms with Crippen molar-refractivity contribution < 1.29 is 19.8 Å². The van der Waals surface area contributed by atoms with Crippen LogP contribution in [-0.4, -0.2) is 22.3 Å². The lowest BCUT2D eigenvalue weighted by molar-refractivity contribution is -0.117. The molecule has 0 saturated heterocycles. The third-order valence-corrected chi connectivity index (χ3v) is 5.67. The van der Waals surface area contributed by atoms with Crippen LogP contribution < -0.4 is 0 Å². The molecule has 0 spiro atoms. The van der Waals surface area contributed by atoms with Gasteiger partial charge in [0.25, 0.3) is 0 Å². The molecule has 2 rings (SSSR count). The molecule has 0 aromatic heterocycles. The van der Waals surface area contributed by atoms with Crippen LogP contribution in [0.15, 0.2) is 30.0 Å². The predicted octanol–water partition coefficient (Wildman–Crippen LogP) is 5.70. The highest BCUT2D eigenvalue weighted by Gasteiger charge is 2.32. The molecule has 0 fully saturated rings. The van der Waals surface area contributed by atoms with Crippen molar-refractivity contribution in [1.82, 2.24) is 0 Å². The Bertz CT molecular complexity index is 660. The Labute approximate surface area is 168 Å². The number of aldehydes is 1. The largest absolute Gasteiger partial charge is 0.504 e.